The predicted octanol–water partition coefficient (Wildman–Crippen LogP) is 3.97. The van der Waals surface area contributed by atoms with Crippen LogP contribution in [0.2, 0.25) is 5.02 Å². The van der Waals surface area contributed by atoms with E-state index in [9.17, 15) is 9.18 Å². The van der Waals surface area contributed by atoms with Crippen molar-refractivity contribution in [2.45, 2.75) is 33.1 Å². The van der Waals surface area contributed by atoms with Crippen molar-refractivity contribution in [2.24, 2.45) is 11.8 Å². The molecule has 0 unspecified atom stereocenters. The van der Waals surface area contributed by atoms with E-state index in [0.717, 1.165) is 37.3 Å². The van der Waals surface area contributed by atoms with Gasteiger partial charge in [-0.05, 0) is 55.8 Å². The van der Waals surface area contributed by atoms with Crippen LogP contribution in [0.1, 0.15) is 43.5 Å². The summed E-state index contributed by atoms with van der Waals surface area (Å²) in [7, 11) is 0. The molecule has 2 rings (SSSR count). The summed E-state index contributed by atoms with van der Waals surface area (Å²) in [5.41, 5.74) is 0.326. The van der Waals surface area contributed by atoms with Crippen LogP contribution in [0.15, 0.2) is 18.2 Å². The minimum absolute atomic E-state index is 0.152. The molecule has 5 heteroatoms. The van der Waals surface area contributed by atoms with E-state index in [1.165, 1.54) is 31.6 Å². The maximum absolute atomic E-state index is 13.0. The largest absolute Gasteiger partial charge is 0.352 e. The molecular formula is C18H26ClFN2O. The smallest absolute Gasteiger partial charge is 0.252 e. The first-order valence-electron chi connectivity index (χ1n) is 8.41. The summed E-state index contributed by atoms with van der Waals surface area (Å²) in [5, 5.41) is 3.00. The van der Waals surface area contributed by atoms with Crippen molar-refractivity contribution < 1.29 is 9.18 Å². The minimum Gasteiger partial charge on any atom is -0.352 e. The van der Waals surface area contributed by atoms with Gasteiger partial charge >= 0.3 is 0 Å². The van der Waals surface area contributed by atoms with Crippen LogP contribution in [0.25, 0.3) is 0 Å². The SMILES string of the molecule is C[C@@H]1C[C@H](C)CN(CCCCNC(=O)c2ccc(F)cc2Cl)C1. The van der Waals surface area contributed by atoms with E-state index in [0.29, 0.717) is 12.1 Å². The summed E-state index contributed by atoms with van der Waals surface area (Å²) in [6.07, 6.45) is 3.33. The zero-order valence-electron chi connectivity index (χ0n) is 13.9. The summed E-state index contributed by atoms with van der Waals surface area (Å²) < 4.78 is 13.0. The lowest BCUT2D eigenvalue weighted by Gasteiger charge is -2.34. The molecule has 1 fully saturated rings. The van der Waals surface area contributed by atoms with E-state index in [4.69, 9.17) is 11.6 Å². The van der Waals surface area contributed by atoms with Crippen molar-refractivity contribution in [1.29, 1.82) is 0 Å². The number of benzene rings is 1. The van der Waals surface area contributed by atoms with Gasteiger partial charge in [-0.25, -0.2) is 4.39 Å². The van der Waals surface area contributed by atoms with Gasteiger partial charge in [-0.2, -0.15) is 0 Å². The molecule has 128 valence electrons. The molecule has 0 bridgehead atoms. The number of hydrogen-bond donors (Lipinski definition) is 1. The van der Waals surface area contributed by atoms with E-state index < -0.39 is 5.82 Å². The summed E-state index contributed by atoms with van der Waals surface area (Å²) >= 11 is 5.89. The molecule has 0 aromatic heterocycles. The molecule has 1 amide bonds. The summed E-state index contributed by atoms with van der Waals surface area (Å²) in [6.45, 7) is 8.70. The van der Waals surface area contributed by atoms with Crippen molar-refractivity contribution in [2.75, 3.05) is 26.2 Å². The molecule has 3 nitrogen and oxygen atoms in total. The van der Waals surface area contributed by atoms with Gasteiger partial charge in [-0.3, -0.25) is 4.79 Å². The first-order chi connectivity index (χ1) is 11.0. The molecule has 1 aromatic carbocycles. The maximum atomic E-state index is 13.0. The molecule has 0 aliphatic carbocycles. The van der Waals surface area contributed by atoms with Gasteiger partial charge in [0.25, 0.3) is 5.91 Å². The number of carbonyl (C=O) groups is 1. The first-order valence-corrected chi connectivity index (χ1v) is 8.79. The molecule has 1 aromatic rings. The van der Waals surface area contributed by atoms with Crippen LogP contribution >= 0.6 is 11.6 Å². The van der Waals surface area contributed by atoms with Crippen LogP contribution in [0.3, 0.4) is 0 Å². The van der Waals surface area contributed by atoms with Crippen molar-refractivity contribution >= 4 is 17.5 Å². The van der Waals surface area contributed by atoms with E-state index >= 15 is 0 Å². The fourth-order valence-electron chi connectivity index (χ4n) is 3.41. The van der Waals surface area contributed by atoms with Crippen molar-refractivity contribution in [3.63, 3.8) is 0 Å². The summed E-state index contributed by atoms with van der Waals surface area (Å²) in [6, 6.07) is 3.83. The Kier molecular flexibility index (Phi) is 6.85. The number of halogens is 2. The Labute approximate surface area is 143 Å². The van der Waals surface area contributed by atoms with Crippen LogP contribution < -0.4 is 5.32 Å². The maximum Gasteiger partial charge on any atom is 0.252 e. The number of carbonyl (C=O) groups excluding carboxylic acids is 1. The standard InChI is InChI=1S/C18H26ClFN2O/c1-13-9-14(2)12-22(11-13)8-4-3-7-21-18(23)16-6-5-15(20)10-17(16)19/h5-6,10,13-14H,3-4,7-9,11-12H2,1-2H3,(H,21,23)/t13-,14+. The number of unbranched alkanes of at least 4 members (excludes halogenated alkanes) is 1. The predicted molar refractivity (Wildman–Crippen MR) is 92.4 cm³/mol. The van der Waals surface area contributed by atoms with Gasteiger partial charge in [0.2, 0.25) is 0 Å². The molecule has 1 heterocycles. The Bertz CT molecular complexity index is 528. The molecule has 1 N–H and O–H groups in total. The van der Waals surface area contributed by atoms with E-state index in [-0.39, 0.29) is 10.9 Å². The number of piperidine rings is 1. The molecule has 0 saturated carbocycles. The fraction of sp³-hybridized carbons (Fsp3) is 0.611. The van der Waals surface area contributed by atoms with Gasteiger partial charge in [0, 0.05) is 19.6 Å². The van der Waals surface area contributed by atoms with Gasteiger partial charge < -0.3 is 10.2 Å². The topological polar surface area (TPSA) is 32.3 Å². The third-order valence-corrected chi connectivity index (χ3v) is 4.62. The van der Waals surface area contributed by atoms with Gasteiger partial charge in [-0.15, -0.1) is 0 Å². The second kappa shape index (κ2) is 8.65. The third-order valence-electron chi connectivity index (χ3n) is 4.31. The minimum atomic E-state index is -0.434. The Morgan fingerprint density at radius 1 is 1.30 bits per heavy atom. The number of rotatable bonds is 6. The highest BCUT2D eigenvalue weighted by Crippen LogP contribution is 2.21. The number of hydrogen-bond acceptors (Lipinski definition) is 2. The van der Waals surface area contributed by atoms with E-state index in [1.807, 2.05) is 0 Å². The quantitative estimate of drug-likeness (QED) is 0.795. The average Bonchev–Trinajstić information content (AvgIpc) is 2.45. The molecular weight excluding hydrogens is 315 g/mol. The summed E-state index contributed by atoms with van der Waals surface area (Å²) in [5.74, 6) is 0.880. The van der Waals surface area contributed by atoms with Gasteiger partial charge in [0.15, 0.2) is 0 Å². The zero-order chi connectivity index (χ0) is 16.8. The van der Waals surface area contributed by atoms with E-state index in [2.05, 4.69) is 24.1 Å². The van der Waals surface area contributed by atoms with E-state index in [1.54, 1.807) is 0 Å². The molecule has 0 spiro atoms. The van der Waals surface area contributed by atoms with Gasteiger partial charge in [-0.1, -0.05) is 25.4 Å². The third kappa shape index (κ3) is 5.78. The normalized spacial score (nSPS) is 22.1. The lowest BCUT2D eigenvalue weighted by Crippen LogP contribution is -2.39. The summed E-state index contributed by atoms with van der Waals surface area (Å²) in [4.78, 5) is 14.5. The first kappa shape index (κ1) is 18.2. The number of nitrogens with one attached hydrogen (secondary N) is 1. The molecule has 23 heavy (non-hydrogen) atoms. The van der Waals surface area contributed by atoms with Crippen molar-refractivity contribution in [1.82, 2.24) is 10.2 Å². The Balaban J connectivity index is 1.66. The van der Waals surface area contributed by atoms with Crippen LogP contribution in [0.4, 0.5) is 4.39 Å². The van der Waals surface area contributed by atoms with Crippen molar-refractivity contribution in [3.8, 4) is 0 Å². The molecule has 2 atom stereocenters. The fourth-order valence-corrected chi connectivity index (χ4v) is 3.66. The number of nitrogens with zero attached hydrogens (tertiary/aromatic N) is 1. The molecule has 1 aliphatic rings. The second-order valence-corrected chi connectivity index (χ2v) is 7.20. The van der Waals surface area contributed by atoms with Crippen LogP contribution in [-0.4, -0.2) is 37.0 Å². The highest BCUT2D eigenvalue weighted by atomic mass is 35.5. The van der Waals surface area contributed by atoms with Crippen LogP contribution in [0, 0.1) is 17.7 Å². The monoisotopic (exact) mass is 340 g/mol. The molecule has 0 radical (unpaired) electrons. The molecule has 1 aliphatic heterocycles. The molecule has 1 saturated heterocycles. The van der Waals surface area contributed by atoms with Crippen molar-refractivity contribution in [3.05, 3.63) is 34.6 Å². The zero-order valence-corrected chi connectivity index (χ0v) is 14.7. The lowest BCUT2D eigenvalue weighted by molar-refractivity contribution is 0.0951. The highest BCUT2D eigenvalue weighted by molar-refractivity contribution is 6.33. The van der Waals surface area contributed by atoms with Gasteiger partial charge in [0.1, 0.15) is 5.82 Å². The Morgan fingerprint density at radius 2 is 2.00 bits per heavy atom. The average molecular weight is 341 g/mol. The number of likely N-dealkylation sites (tertiary alicyclic amines) is 1. The Morgan fingerprint density at radius 3 is 2.65 bits per heavy atom. The van der Waals surface area contributed by atoms with Crippen LogP contribution in [0.5, 0.6) is 0 Å². The second-order valence-electron chi connectivity index (χ2n) is 6.79. The van der Waals surface area contributed by atoms with Gasteiger partial charge in [0.05, 0.1) is 10.6 Å². The van der Waals surface area contributed by atoms with Crippen LogP contribution in [-0.2, 0) is 0 Å². The number of amides is 1. The highest BCUT2D eigenvalue weighted by Gasteiger charge is 2.21. The lowest BCUT2D eigenvalue weighted by atomic mass is 9.92. The Hall–Kier alpha value is -1.13.